The van der Waals surface area contributed by atoms with Crippen molar-refractivity contribution >= 4 is 23.4 Å². The second-order valence-corrected chi connectivity index (χ2v) is 10.1. The van der Waals surface area contributed by atoms with E-state index in [9.17, 15) is 9.59 Å². The molecule has 7 heteroatoms. The lowest BCUT2D eigenvalue weighted by atomic mass is 10.0. The largest absolute Gasteiger partial charge is 0.445 e. The lowest BCUT2D eigenvalue weighted by molar-refractivity contribution is -0.123. The Kier molecular flexibility index (Phi) is 10.6. The molecule has 7 nitrogen and oxygen atoms in total. The molecule has 0 unspecified atom stereocenters. The van der Waals surface area contributed by atoms with Crippen molar-refractivity contribution in [1.82, 2.24) is 10.6 Å². The van der Waals surface area contributed by atoms with Crippen molar-refractivity contribution in [2.45, 2.75) is 57.7 Å². The number of piperidine rings is 1. The van der Waals surface area contributed by atoms with Crippen LogP contribution in [0.2, 0.25) is 0 Å². The fourth-order valence-electron chi connectivity index (χ4n) is 4.73. The fraction of sp³-hybridized carbons (Fsp3) is 0.375. The maximum atomic E-state index is 13.0. The summed E-state index contributed by atoms with van der Waals surface area (Å²) >= 11 is 0. The van der Waals surface area contributed by atoms with E-state index in [-0.39, 0.29) is 18.6 Å². The molecule has 4 rings (SSSR count). The highest BCUT2D eigenvalue weighted by Crippen LogP contribution is 2.22. The van der Waals surface area contributed by atoms with Crippen LogP contribution in [0.3, 0.4) is 0 Å². The minimum atomic E-state index is -0.726. The van der Waals surface area contributed by atoms with E-state index in [1.807, 2.05) is 48.5 Å². The molecule has 1 aliphatic heterocycles. The Labute approximate surface area is 231 Å². The molecule has 1 fully saturated rings. The molecule has 0 radical (unpaired) electrons. The second-order valence-electron chi connectivity index (χ2n) is 10.1. The molecule has 3 aromatic carbocycles. The number of ether oxygens (including phenoxy) is 1. The molecule has 2 atom stereocenters. The topological polar surface area (TPSA) is 82.7 Å². The molecule has 3 aromatic rings. The molecule has 1 aliphatic rings. The molecule has 0 bridgehead atoms. The summed E-state index contributed by atoms with van der Waals surface area (Å²) in [4.78, 5) is 27.7. The summed E-state index contributed by atoms with van der Waals surface area (Å²) in [7, 11) is 0. The number of rotatable bonds is 12. The number of alkyl carbamates (subject to hydrolysis) is 1. The van der Waals surface area contributed by atoms with Gasteiger partial charge in [0.25, 0.3) is 0 Å². The third-order valence-electron chi connectivity index (χ3n) is 7.05. The molecule has 0 saturated carbocycles. The minimum absolute atomic E-state index is 0.121. The first-order valence-electron chi connectivity index (χ1n) is 14.0. The van der Waals surface area contributed by atoms with Gasteiger partial charge in [0.1, 0.15) is 12.6 Å². The van der Waals surface area contributed by atoms with Gasteiger partial charge in [0.2, 0.25) is 5.91 Å². The number of benzene rings is 3. The van der Waals surface area contributed by atoms with Crippen LogP contribution < -0.4 is 20.9 Å². The molecule has 0 aliphatic carbocycles. The molecule has 2 amide bonds. The van der Waals surface area contributed by atoms with Crippen LogP contribution in [0.1, 0.15) is 43.7 Å². The Morgan fingerprint density at radius 3 is 2.13 bits per heavy atom. The number of carbonyl (C=O) groups is 2. The van der Waals surface area contributed by atoms with Crippen LogP contribution in [0.4, 0.5) is 16.2 Å². The second kappa shape index (κ2) is 14.8. The van der Waals surface area contributed by atoms with E-state index in [4.69, 9.17) is 4.74 Å². The van der Waals surface area contributed by atoms with Crippen LogP contribution in [0.5, 0.6) is 0 Å². The Hall–Kier alpha value is -4.00. The van der Waals surface area contributed by atoms with Gasteiger partial charge in [-0.25, -0.2) is 4.79 Å². The van der Waals surface area contributed by atoms with Crippen LogP contribution in [0.25, 0.3) is 0 Å². The zero-order valence-electron chi connectivity index (χ0n) is 22.8. The number of nitrogens with zero attached hydrogens (tertiary/aromatic N) is 1. The zero-order valence-corrected chi connectivity index (χ0v) is 22.8. The quantitative estimate of drug-likeness (QED) is 0.288. The molecule has 0 aromatic heterocycles. The smallest absolute Gasteiger partial charge is 0.408 e. The van der Waals surface area contributed by atoms with E-state index in [1.165, 1.54) is 30.5 Å². The molecule has 39 heavy (non-hydrogen) atoms. The highest BCUT2D eigenvalue weighted by molar-refractivity contribution is 5.85. The number of aryl methyl sites for hydroxylation is 1. The average Bonchev–Trinajstić information content (AvgIpc) is 2.99. The van der Waals surface area contributed by atoms with Gasteiger partial charge in [-0.15, -0.1) is 0 Å². The van der Waals surface area contributed by atoms with Gasteiger partial charge in [-0.05, 0) is 74.4 Å². The Morgan fingerprint density at radius 2 is 1.46 bits per heavy atom. The predicted octanol–water partition coefficient (Wildman–Crippen LogP) is 5.52. The van der Waals surface area contributed by atoms with Crippen molar-refractivity contribution in [2.75, 3.05) is 29.9 Å². The van der Waals surface area contributed by atoms with Crippen LogP contribution in [0.15, 0.2) is 84.9 Å². The molecule has 0 spiro atoms. The number of carbonyl (C=O) groups excluding carboxylic acids is 2. The van der Waals surface area contributed by atoms with Gasteiger partial charge in [0.05, 0.1) is 0 Å². The Morgan fingerprint density at radius 1 is 0.821 bits per heavy atom. The third kappa shape index (κ3) is 9.36. The first-order chi connectivity index (χ1) is 19.1. The minimum Gasteiger partial charge on any atom is -0.445 e. The van der Waals surface area contributed by atoms with Crippen LogP contribution in [-0.4, -0.2) is 43.7 Å². The van der Waals surface area contributed by atoms with E-state index in [0.717, 1.165) is 37.2 Å². The van der Waals surface area contributed by atoms with Gasteiger partial charge >= 0.3 is 6.09 Å². The lowest BCUT2D eigenvalue weighted by Crippen LogP contribution is -2.50. The van der Waals surface area contributed by atoms with E-state index in [2.05, 4.69) is 57.2 Å². The number of hydrogen-bond acceptors (Lipinski definition) is 5. The summed E-state index contributed by atoms with van der Waals surface area (Å²) in [5.41, 5.74) is 4.39. The fourth-order valence-corrected chi connectivity index (χ4v) is 4.73. The third-order valence-corrected chi connectivity index (χ3v) is 7.05. The van der Waals surface area contributed by atoms with Crippen LogP contribution >= 0.6 is 0 Å². The Bertz CT molecular complexity index is 1150. The first kappa shape index (κ1) is 28.0. The molecule has 206 valence electrons. The molecular formula is C32H40N4O3. The highest BCUT2D eigenvalue weighted by Gasteiger charge is 2.20. The molecule has 1 heterocycles. The predicted molar refractivity (Wildman–Crippen MR) is 157 cm³/mol. The number of hydrogen-bond donors (Lipinski definition) is 3. The van der Waals surface area contributed by atoms with E-state index < -0.39 is 12.1 Å². The van der Waals surface area contributed by atoms with Crippen molar-refractivity contribution in [3.63, 3.8) is 0 Å². The number of anilines is 2. The summed E-state index contributed by atoms with van der Waals surface area (Å²) in [6.07, 6.45) is 4.80. The van der Waals surface area contributed by atoms with Gasteiger partial charge in [0.15, 0.2) is 0 Å². The SMILES string of the molecule is C[C@@H](NC(=O)OCc1ccccc1)C(=O)N[C@@H](CCc1ccccc1)CNc1ccc(N2CCCCC2)cc1. The summed E-state index contributed by atoms with van der Waals surface area (Å²) in [6, 6.07) is 27.4. The van der Waals surface area contributed by atoms with Crippen molar-refractivity contribution in [3.8, 4) is 0 Å². The zero-order chi connectivity index (χ0) is 27.3. The number of amides is 2. The monoisotopic (exact) mass is 528 g/mol. The maximum Gasteiger partial charge on any atom is 0.408 e. The van der Waals surface area contributed by atoms with Crippen molar-refractivity contribution < 1.29 is 14.3 Å². The van der Waals surface area contributed by atoms with Gasteiger partial charge in [-0.2, -0.15) is 0 Å². The molecular weight excluding hydrogens is 488 g/mol. The summed E-state index contributed by atoms with van der Waals surface area (Å²) in [6.45, 7) is 4.63. The van der Waals surface area contributed by atoms with Crippen LogP contribution in [0, 0.1) is 0 Å². The van der Waals surface area contributed by atoms with Crippen molar-refractivity contribution in [2.24, 2.45) is 0 Å². The van der Waals surface area contributed by atoms with Gasteiger partial charge in [0, 0.05) is 37.1 Å². The lowest BCUT2D eigenvalue weighted by Gasteiger charge is -2.29. The van der Waals surface area contributed by atoms with Gasteiger partial charge in [-0.3, -0.25) is 4.79 Å². The normalized spacial score (nSPS) is 14.6. The van der Waals surface area contributed by atoms with Crippen molar-refractivity contribution in [3.05, 3.63) is 96.1 Å². The van der Waals surface area contributed by atoms with E-state index in [0.29, 0.717) is 6.54 Å². The van der Waals surface area contributed by atoms with Gasteiger partial charge < -0.3 is 25.6 Å². The highest BCUT2D eigenvalue weighted by atomic mass is 16.5. The number of nitrogens with one attached hydrogen (secondary N) is 3. The van der Waals surface area contributed by atoms with E-state index in [1.54, 1.807) is 6.92 Å². The average molecular weight is 529 g/mol. The first-order valence-corrected chi connectivity index (χ1v) is 14.0. The summed E-state index contributed by atoms with van der Waals surface area (Å²) in [5, 5.41) is 9.25. The summed E-state index contributed by atoms with van der Waals surface area (Å²) < 4.78 is 5.27. The standard InChI is InChI=1S/C32H40N4O3/c1-25(34-32(38)39-24-27-13-7-3-8-14-27)31(37)35-29(16-15-26-11-5-2-6-12-26)23-33-28-17-19-30(20-18-28)36-21-9-4-10-22-36/h2-3,5-8,11-14,17-20,25,29,33H,4,9-10,15-16,21-24H2,1H3,(H,34,38)(H,35,37)/t25-,29+/m1/s1. The molecule has 1 saturated heterocycles. The summed E-state index contributed by atoms with van der Waals surface area (Å²) in [5.74, 6) is -0.244. The van der Waals surface area contributed by atoms with Gasteiger partial charge in [-0.1, -0.05) is 60.7 Å². The Balaban J connectivity index is 1.30. The van der Waals surface area contributed by atoms with E-state index >= 15 is 0 Å². The van der Waals surface area contributed by atoms with Crippen molar-refractivity contribution in [1.29, 1.82) is 0 Å². The maximum absolute atomic E-state index is 13.0. The van der Waals surface area contributed by atoms with Crippen LogP contribution in [-0.2, 0) is 22.6 Å². The molecule has 3 N–H and O–H groups in total.